The smallest absolute Gasteiger partial charge is 0.123 e. The van der Waals surface area contributed by atoms with Crippen LogP contribution in [0.25, 0.3) is 11.1 Å². The number of rotatable bonds is 5. The van der Waals surface area contributed by atoms with E-state index in [1.54, 1.807) is 6.07 Å². The molecule has 0 aliphatic heterocycles. The third kappa shape index (κ3) is 3.93. The van der Waals surface area contributed by atoms with E-state index in [1.807, 2.05) is 30.3 Å². The van der Waals surface area contributed by atoms with Gasteiger partial charge < -0.3 is 5.11 Å². The van der Waals surface area contributed by atoms with Crippen LogP contribution in [0.3, 0.4) is 0 Å². The van der Waals surface area contributed by atoms with Crippen molar-refractivity contribution in [2.75, 3.05) is 0 Å². The summed E-state index contributed by atoms with van der Waals surface area (Å²) < 4.78 is 0. The summed E-state index contributed by atoms with van der Waals surface area (Å²) >= 11 is 0. The normalized spacial score (nSPS) is 10.7. The molecule has 0 radical (unpaired) electrons. The molecule has 0 unspecified atom stereocenters. The highest BCUT2D eigenvalue weighted by atomic mass is 16.3. The van der Waals surface area contributed by atoms with Crippen LogP contribution in [0.15, 0.2) is 103 Å². The van der Waals surface area contributed by atoms with E-state index in [0.29, 0.717) is 5.75 Å². The van der Waals surface area contributed by atoms with E-state index in [4.69, 9.17) is 0 Å². The molecule has 4 aromatic rings. The van der Waals surface area contributed by atoms with Crippen LogP contribution in [0.5, 0.6) is 5.75 Å². The van der Waals surface area contributed by atoms with Gasteiger partial charge >= 0.3 is 0 Å². The number of para-hydroxylation sites is 1. The first-order valence-corrected chi connectivity index (χ1v) is 9.28. The summed E-state index contributed by atoms with van der Waals surface area (Å²) in [4.78, 5) is 0. The zero-order chi connectivity index (χ0) is 18.5. The lowest BCUT2D eigenvalue weighted by Gasteiger charge is -2.17. The highest BCUT2D eigenvalue weighted by Crippen LogP contribution is 2.36. The molecule has 0 aliphatic carbocycles. The van der Waals surface area contributed by atoms with E-state index < -0.39 is 0 Å². The van der Waals surface area contributed by atoms with Gasteiger partial charge in [0.25, 0.3) is 0 Å². The quantitative estimate of drug-likeness (QED) is 0.451. The number of phenolic OH excluding ortho intramolecular Hbond substituents is 1. The van der Waals surface area contributed by atoms with Crippen molar-refractivity contribution in [3.8, 4) is 16.9 Å². The molecule has 1 N–H and O–H groups in total. The first kappa shape index (κ1) is 17.1. The van der Waals surface area contributed by atoms with Gasteiger partial charge in [0.15, 0.2) is 0 Å². The number of phenols is 1. The van der Waals surface area contributed by atoms with Crippen LogP contribution in [-0.2, 0) is 12.8 Å². The second-order valence-corrected chi connectivity index (χ2v) is 6.79. The highest BCUT2D eigenvalue weighted by molar-refractivity contribution is 5.77. The molecule has 0 spiro atoms. The molecule has 0 aliphatic rings. The van der Waals surface area contributed by atoms with Crippen LogP contribution in [0.1, 0.15) is 22.3 Å². The summed E-state index contributed by atoms with van der Waals surface area (Å²) in [5, 5.41) is 10.5. The molecule has 0 heterocycles. The lowest BCUT2D eigenvalue weighted by molar-refractivity contribution is 0.477. The predicted octanol–water partition coefficient (Wildman–Crippen LogP) is 6.24. The van der Waals surface area contributed by atoms with Gasteiger partial charge in [-0.25, -0.2) is 0 Å². The van der Waals surface area contributed by atoms with E-state index in [1.165, 1.54) is 22.3 Å². The molecule has 0 fully saturated rings. The summed E-state index contributed by atoms with van der Waals surface area (Å²) in [5.41, 5.74) is 7.04. The number of hydrogen-bond acceptors (Lipinski definition) is 1. The van der Waals surface area contributed by atoms with Gasteiger partial charge in [-0.2, -0.15) is 0 Å². The summed E-state index contributed by atoms with van der Waals surface area (Å²) in [7, 11) is 0. The van der Waals surface area contributed by atoms with E-state index in [2.05, 4.69) is 66.7 Å². The Morgan fingerprint density at radius 1 is 0.481 bits per heavy atom. The topological polar surface area (TPSA) is 20.2 Å². The maximum atomic E-state index is 10.5. The Kier molecular flexibility index (Phi) is 5.02. The van der Waals surface area contributed by atoms with Gasteiger partial charge in [-0.15, -0.1) is 0 Å². The van der Waals surface area contributed by atoms with Crippen LogP contribution in [0.4, 0.5) is 0 Å². The zero-order valence-corrected chi connectivity index (χ0v) is 15.2. The van der Waals surface area contributed by atoms with Gasteiger partial charge in [-0.05, 0) is 46.7 Å². The zero-order valence-electron chi connectivity index (χ0n) is 15.2. The predicted molar refractivity (Wildman–Crippen MR) is 112 cm³/mol. The summed E-state index contributed by atoms with van der Waals surface area (Å²) in [6.45, 7) is 0. The fraction of sp³-hybridized carbons (Fsp3) is 0.0769. The van der Waals surface area contributed by atoms with Gasteiger partial charge in [-0.1, -0.05) is 97.1 Å². The molecule has 0 amide bonds. The Hall–Kier alpha value is -3.32. The molecule has 27 heavy (non-hydrogen) atoms. The standard InChI is InChI=1S/C26H22O/c27-25-17-8-7-16-24(25)26-22(18-20-10-3-1-4-11-20)14-9-15-23(26)19-21-12-5-2-6-13-21/h1-17,27H,18-19H2. The molecule has 4 rings (SSSR count). The van der Waals surface area contributed by atoms with Crippen molar-refractivity contribution in [2.24, 2.45) is 0 Å². The van der Waals surface area contributed by atoms with Gasteiger partial charge in [0.2, 0.25) is 0 Å². The summed E-state index contributed by atoms with van der Waals surface area (Å²) in [6, 6.07) is 35.1. The van der Waals surface area contributed by atoms with Crippen LogP contribution in [0.2, 0.25) is 0 Å². The monoisotopic (exact) mass is 350 g/mol. The molecule has 1 nitrogen and oxygen atoms in total. The minimum atomic E-state index is 0.326. The van der Waals surface area contributed by atoms with Crippen LogP contribution < -0.4 is 0 Å². The number of hydrogen-bond donors (Lipinski definition) is 1. The van der Waals surface area contributed by atoms with E-state index >= 15 is 0 Å². The molecular formula is C26H22O. The Bertz CT molecular complexity index is 961. The number of benzene rings is 4. The Balaban J connectivity index is 1.83. The molecule has 0 atom stereocenters. The fourth-order valence-electron chi connectivity index (χ4n) is 3.61. The minimum Gasteiger partial charge on any atom is -0.507 e. The Labute approximate surface area is 160 Å². The third-order valence-electron chi connectivity index (χ3n) is 4.89. The van der Waals surface area contributed by atoms with Crippen molar-refractivity contribution >= 4 is 0 Å². The highest BCUT2D eigenvalue weighted by Gasteiger charge is 2.14. The summed E-state index contributed by atoms with van der Waals surface area (Å²) in [6.07, 6.45) is 1.68. The molecule has 0 aromatic heterocycles. The van der Waals surface area contributed by atoms with E-state index in [-0.39, 0.29) is 0 Å². The maximum Gasteiger partial charge on any atom is 0.123 e. The average Bonchev–Trinajstić information content (AvgIpc) is 2.71. The van der Waals surface area contributed by atoms with Gasteiger partial charge in [0.1, 0.15) is 5.75 Å². The SMILES string of the molecule is Oc1ccccc1-c1c(Cc2ccccc2)cccc1Cc1ccccc1. The van der Waals surface area contributed by atoms with Crippen molar-refractivity contribution in [3.05, 3.63) is 125 Å². The molecule has 0 bridgehead atoms. The first-order valence-electron chi connectivity index (χ1n) is 9.28. The largest absolute Gasteiger partial charge is 0.507 e. The van der Waals surface area contributed by atoms with Crippen molar-refractivity contribution < 1.29 is 5.11 Å². The van der Waals surface area contributed by atoms with Crippen LogP contribution in [0, 0.1) is 0 Å². The lowest BCUT2D eigenvalue weighted by Crippen LogP contribution is -1.99. The molecule has 132 valence electrons. The van der Waals surface area contributed by atoms with Crippen molar-refractivity contribution in [1.29, 1.82) is 0 Å². The van der Waals surface area contributed by atoms with Gasteiger partial charge in [-0.3, -0.25) is 0 Å². The summed E-state index contributed by atoms with van der Waals surface area (Å²) in [5.74, 6) is 0.326. The molecule has 0 saturated carbocycles. The van der Waals surface area contributed by atoms with Crippen LogP contribution >= 0.6 is 0 Å². The van der Waals surface area contributed by atoms with Gasteiger partial charge in [0.05, 0.1) is 0 Å². The van der Waals surface area contributed by atoms with Crippen molar-refractivity contribution in [2.45, 2.75) is 12.8 Å². The Morgan fingerprint density at radius 3 is 1.48 bits per heavy atom. The first-order chi connectivity index (χ1) is 13.3. The molecule has 0 saturated heterocycles. The average molecular weight is 350 g/mol. The van der Waals surface area contributed by atoms with Crippen molar-refractivity contribution in [3.63, 3.8) is 0 Å². The third-order valence-corrected chi connectivity index (χ3v) is 4.89. The van der Waals surface area contributed by atoms with Gasteiger partial charge in [0, 0.05) is 5.56 Å². The lowest BCUT2D eigenvalue weighted by atomic mass is 9.88. The van der Waals surface area contributed by atoms with E-state index in [0.717, 1.165) is 24.0 Å². The number of aromatic hydroxyl groups is 1. The van der Waals surface area contributed by atoms with Crippen molar-refractivity contribution in [1.82, 2.24) is 0 Å². The van der Waals surface area contributed by atoms with E-state index in [9.17, 15) is 5.11 Å². The fourth-order valence-corrected chi connectivity index (χ4v) is 3.61. The maximum absolute atomic E-state index is 10.5. The molecular weight excluding hydrogens is 328 g/mol. The molecule has 1 heteroatoms. The minimum absolute atomic E-state index is 0.326. The van der Waals surface area contributed by atoms with Crippen LogP contribution in [-0.4, -0.2) is 5.11 Å². The Morgan fingerprint density at radius 2 is 0.963 bits per heavy atom. The second-order valence-electron chi connectivity index (χ2n) is 6.79. The second kappa shape index (κ2) is 7.92. The molecule has 4 aromatic carbocycles.